The van der Waals surface area contributed by atoms with Gasteiger partial charge in [0.2, 0.25) is 0 Å². The zero-order valence-corrected chi connectivity index (χ0v) is 6.39. The van der Waals surface area contributed by atoms with Crippen molar-refractivity contribution in [2.45, 2.75) is 6.42 Å². The monoisotopic (exact) mass is 190 g/mol. The molecule has 0 amide bonds. The van der Waals surface area contributed by atoms with Crippen molar-refractivity contribution in [2.24, 2.45) is 0 Å². The second kappa shape index (κ2) is 4.32. The zero-order chi connectivity index (χ0) is 7.28. The molecule has 2 nitrogen and oxygen atoms in total. The van der Waals surface area contributed by atoms with Crippen LogP contribution in [0.1, 0.15) is 6.42 Å². The van der Waals surface area contributed by atoms with Crippen LogP contribution >= 0.6 is 15.9 Å². The minimum atomic E-state index is -0.847. The van der Waals surface area contributed by atoms with Gasteiger partial charge in [-0.3, -0.25) is 4.79 Å². The molecule has 0 rings (SSSR count). The Balaban J connectivity index is 3.75. The van der Waals surface area contributed by atoms with Crippen LogP contribution in [0.4, 0.5) is 0 Å². The van der Waals surface area contributed by atoms with Gasteiger partial charge < -0.3 is 5.11 Å². The van der Waals surface area contributed by atoms with Gasteiger partial charge in [-0.2, -0.15) is 0 Å². The highest BCUT2D eigenvalue weighted by Crippen LogP contribution is 2.08. The van der Waals surface area contributed by atoms with Crippen molar-refractivity contribution in [2.75, 3.05) is 0 Å². The zero-order valence-electron chi connectivity index (χ0n) is 4.80. The number of rotatable bonds is 3. The normalized spacial score (nSPS) is 11.0. The van der Waals surface area contributed by atoms with E-state index in [-0.39, 0.29) is 6.42 Å². The van der Waals surface area contributed by atoms with Gasteiger partial charge in [-0.1, -0.05) is 34.7 Å². The van der Waals surface area contributed by atoms with E-state index in [0.717, 1.165) is 0 Å². The SMILES string of the molecule is C=C/C=C(\Br)CC(=O)O. The van der Waals surface area contributed by atoms with E-state index in [1.807, 2.05) is 0 Å². The minimum absolute atomic E-state index is 0.0199. The average Bonchev–Trinajstić information content (AvgIpc) is 1.63. The molecule has 0 unspecified atom stereocenters. The second-order valence-electron chi connectivity index (χ2n) is 1.42. The van der Waals surface area contributed by atoms with Crippen LogP contribution in [-0.4, -0.2) is 11.1 Å². The van der Waals surface area contributed by atoms with Crippen molar-refractivity contribution in [3.63, 3.8) is 0 Å². The molecule has 0 bridgehead atoms. The molecule has 50 valence electrons. The largest absolute Gasteiger partial charge is 0.481 e. The van der Waals surface area contributed by atoms with Gasteiger partial charge in [-0.05, 0) is 0 Å². The summed E-state index contributed by atoms with van der Waals surface area (Å²) >= 11 is 3.05. The summed E-state index contributed by atoms with van der Waals surface area (Å²) in [6.45, 7) is 3.41. The molecular formula is C6H7BrO2. The third-order valence-electron chi connectivity index (χ3n) is 0.619. The Morgan fingerprint density at radius 3 is 2.67 bits per heavy atom. The van der Waals surface area contributed by atoms with E-state index >= 15 is 0 Å². The van der Waals surface area contributed by atoms with Crippen LogP contribution < -0.4 is 0 Å². The number of halogens is 1. The molecule has 0 aliphatic rings. The van der Waals surface area contributed by atoms with Crippen LogP contribution in [0.2, 0.25) is 0 Å². The smallest absolute Gasteiger partial charge is 0.308 e. The summed E-state index contributed by atoms with van der Waals surface area (Å²) < 4.78 is 0.630. The van der Waals surface area contributed by atoms with Crippen LogP contribution in [0.5, 0.6) is 0 Å². The molecule has 0 aliphatic carbocycles. The quantitative estimate of drug-likeness (QED) is 0.692. The number of allylic oxidation sites excluding steroid dienone is 2. The maximum absolute atomic E-state index is 9.98. The number of carboxylic acids is 1. The first-order valence-electron chi connectivity index (χ1n) is 2.35. The van der Waals surface area contributed by atoms with E-state index in [9.17, 15) is 4.79 Å². The number of hydrogen-bond acceptors (Lipinski definition) is 1. The molecule has 0 saturated heterocycles. The first-order valence-corrected chi connectivity index (χ1v) is 3.15. The summed E-state index contributed by atoms with van der Waals surface area (Å²) in [7, 11) is 0. The summed E-state index contributed by atoms with van der Waals surface area (Å²) in [6.07, 6.45) is 3.16. The molecule has 3 heteroatoms. The second-order valence-corrected chi connectivity index (χ2v) is 2.44. The lowest BCUT2D eigenvalue weighted by Gasteiger charge is -1.88. The number of aliphatic carboxylic acids is 1. The first-order chi connectivity index (χ1) is 4.16. The standard InChI is InChI=1S/C6H7BrO2/c1-2-3-5(7)4-6(8)9/h2-3H,1,4H2,(H,8,9)/b5-3-. The Morgan fingerprint density at radius 2 is 2.33 bits per heavy atom. The molecule has 1 N–H and O–H groups in total. The van der Waals surface area contributed by atoms with Gasteiger partial charge in [0.1, 0.15) is 0 Å². The van der Waals surface area contributed by atoms with Gasteiger partial charge in [0, 0.05) is 4.48 Å². The molecule has 0 aromatic heterocycles. The summed E-state index contributed by atoms with van der Waals surface area (Å²) in [5.74, 6) is -0.847. The topological polar surface area (TPSA) is 37.3 Å². The van der Waals surface area contributed by atoms with Gasteiger partial charge in [0.15, 0.2) is 0 Å². The van der Waals surface area contributed by atoms with Crippen LogP contribution in [0.15, 0.2) is 23.2 Å². The number of carbonyl (C=O) groups is 1. The van der Waals surface area contributed by atoms with Gasteiger partial charge in [0.05, 0.1) is 6.42 Å². The molecule has 0 aromatic rings. The van der Waals surface area contributed by atoms with E-state index in [4.69, 9.17) is 5.11 Å². The Hall–Kier alpha value is -0.570. The van der Waals surface area contributed by atoms with Crippen molar-refractivity contribution in [1.29, 1.82) is 0 Å². The highest BCUT2D eigenvalue weighted by Gasteiger charge is 1.96. The summed E-state index contributed by atoms with van der Waals surface area (Å²) in [6, 6.07) is 0. The van der Waals surface area contributed by atoms with Crippen molar-refractivity contribution in [1.82, 2.24) is 0 Å². The average molecular weight is 191 g/mol. The fourth-order valence-corrected chi connectivity index (χ4v) is 0.758. The van der Waals surface area contributed by atoms with E-state index < -0.39 is 5.97 Å². The van der Waals surface area contributed by atoms with Crippen molar-refractivity contribution in [3.05, 3.63) is 23.2 Å². The summed E-state index contributed by atoms with van der Waals surface area (Å²) in [5, 5.41) is 8.21. The van der Waals surface area contributed by atoms with E-state index in [0.29, 0.717) is 4.48 Å². The first kappa shape index (κ1) is 8.43. The number of carboxylic acid groups (broad SMARTS) is 1. The Labute approximate surface area is 62.0 Å². The fraction of sp³-hybridized carbons (Fsp3) is 0.167. The predicted molar refractivity (Wildman–Crippen MR) is 39.5 cm³/mol. The van der Waals surface area contributed by atoms with Crippen molar-refractivity contribution >= 4 is 21.9 Å². The molecule has 0 saturated carbocycles. The Morgan fingerprint density at radius 1 is 1.78 bits per heavy atom. The Kier molecular flexibility index (Phi) is 4.05. The third kappa shape index (κ3) is 5.30. The Bertz CT molecular complexity index is 149. The van der Waals surface area contributed by atoms with Gasteiger partial charge in [-0.25, -0.2) is 0 Å². The van der Waals surface area contributed by atoms with Gasteiger partial charge in [-0.15, -0.1) is 0 Å². The lowest BCUT2D eigenvalue weighted by molar-refractivity contribution is -0.136. The third-order valence-corrected chi connectivity index (χ3v) is 1.16. The van der Waals surface area contributed by atoms with E-state index in [1.165, 1.54) is 6.08 Å². The van der Waals surface area contributed by atoms with E-state index in [1.54, 1.807) is 6.08 Å². The lowest BCUT2D eigenvalue weighted by Crippen LogP contribution is -1.92. The summed E-state index contributed by atoms with van der Waals surface area (Å²) in [4.78, 5) is 9.98. The molecule has 0 aromatic carbocycles. The van der Waals surface area contributed by atoms with Gasteiger partial charge in [0.25, 0.3) is 0 Å². The van der Waals surface area contributed by atoms with Gasteiger partial charge >= 0.3 is 5.97 Å². The molecular weight excluding hydrogens is 184 g/mol. The van der Waals surface area contributed by atoms with Crippen LogP contribution in [0, 0.1) is 0 Å². The van der Waals surface area contributed by atoms with Crippen LogP contribution in [-0.2, 0) is 4.79 Å². The van der Waals surface area contributed by atoms with E-state index in [2.05, 4.69) is 22.5 Å². The van der Waals surface area contributed by atoms with Crippen molar-refractivity contribution < 1.29 is 9.90 Å². The molecule has 0 fully saturated rings. The summed E-state index contributed by atoms with van der Waals surface area (Å²) in [5.41, 5.74) is 0. The molecule has 0 heterocycles. The molecule has 0 radical (unpaired) electrons. The number of hydrogen-bond donors (Lipinski definition) is 1. The highest BCUT2D eigenvalue weighted by atomic mass is 79.9. The van der Waals surface area contributed by atoms with Crippen LogP contribution in [0.3, 0.4) is 0 Å². The highest BCUT2D eigenvalue weighted by molar-refractivity contribution is 9.11. The lowest BCUT2D eigenvalue weighted by atomic mass is 10.4. The predicted octanol–water partition coefficient (Wildman–Crippen LogP) is 1.93. The fourth-order valence-electron chi connectivity index (χ4n) is 0.331. The van der Waals surface area contributed by atoms with Crippen molar-refractivity contribution in [3.8, 4) is 0 Å². The molecule has 0 spiro atoms. The maximum atomic E-state index is 9.98. The van der Waals surface area contributed by atoms with Crippen LogP contribution in [0.25, 0.3) is 0 Å². The molecule has 0 aliphatic heterocycles. The molecule has 0 atom stereocenters. The minimum Gasteiger partial charge on any atom is -0.481 e. The maximum Gasteiger partial charge on any atom is 0.308 e. The molecule has 9 heavy (non-hydrogen) atoms.